The fourth-order valence-corrected chi connectivity index (χ4v) is 3.23. The maximum absolute atomic E-state index is 2.43. The SMILES string of the molecule is C[C@@H]1C[Se]CN1C. The second-order valence-corrected chi connectivity index (χ2v) is 4.20. The molecule has 1 aliphatic rings. The first kappa shape index (κ1) is 5.61. The van der Waals surface area contributed by atoms with Crippen LogP contribution in [0.25, 0.3) is 0 Å². The van der Waals surface area contributed by atoms with Crippen molar-refractivity contribution in [2.24, 2.45) is 0 Å². The van der Waals surface area contributed by atoms with E-state index in [2.05, 4.69) is 18.9 Å². The van der Waals surface area contributed by atoms with Gasteiger partial charge in [0.1, 0.15) is 0 Å². The molecule has 1 aliphatic heterocycles. The van der Waals surface area contributed by atoms with Crippen molar-refractivity contribution in [3.05, 3.63) is 0 Å². The van der Waals surface area contributed by atoms with Crippen LogP contribution in [-0.4, -0.2) is 38.4 Å². The standard InChI is InChI=1S/C5H11NSe/c1-5-3-7-4-6(5)2/h5H,3-4H2,1-2H3/t5-/m1/s1. The molecule has 1 fully saturated rings. The van der Waals surface area contributed by atoms with Gasteiger partial charge in [-0.25, -0.2) is 0 Å². The van der Waals surface area contributed by atoms with Crippen molar-refractivity contribution in [2.75, 3.05) is 12.5 Å². The van der Waals surface area contributed by atoms with Crippen LogP contribution in [0.15, 0.2) is 0 Å². The van der Waals surface area contributed by atoms with Gasteiger partial charge in [-0.3, -0.25) is 0 Å². The van der Waals surface area contributed by atoms with Crippen LogP contribution >= 0.6 is 0 Å². The molecule has 0 aromatic rings. The van der Waals surface area contributed by atoms with Crippen molar-refractivity contribution >= 4 is 15.0 Å². The van der Waals surface area contributed by atoms with Gasteiger partial charge >= 0.3 is 50.6 Å². The van der Waals surface area contributed by atoms with E-state index in [1.807, 2.05) is 0 Å². The number of hydrogen-bond acceptors (Lipinski definition) is 1. The summed E-state index contributed by atoms with van der Waals surface area (Å²) in [6.45, 7) is 2.30. The first-order valence-electron chi connectivity index (χ1n) is 2.58. The second-order valence-electron chi connectivity index (χ2n) is 2.11. The van der Waals surface area contributed by atoms with Crippen molar-refractivity contribution in [3.63, 3.8) is 0 Å². The Morgan fingerprint density at radius 2 is 2.43 bits per heavy atom. The van der Waals surface area contributed by atoms with Gasteiger partial charge in [-0.1, -0.05) is 0 Å². The molecule has 0 unspecified atom stereocenters. The average Bonchev–Trinajstić information content (AvgIpc) is 1.91. The molecule has 0 bridgehead atoms. The van der Waals surface area contributed by atoms with E-state index in [1.165, 1.54) is 10.8 Å². The number of nitrogens with zero attached hydrogens (tertiary/aromatic N) is 1. The molecule has 0 aliphatic carbocycles. The van der Waals surface area contributed by atoms with Gasteiger partial charge in [-0.15, -0.1) is 0 Å². The monoisotopic (exact) mass is 165 g/mol. The van der Waals surface area contributed by atoms with Crippen LogP contribution in [-0.2, 0) is 0 Å². The number of hydrogen-bond donors (Lipinski definition) is 0. The van der Waals surface area contributed by atoms with Gasteiger partial charge in [0, 0.05) is 0 Å². The fraction of sp³-hybridized carbons (Fsp3) is 1.00. The van der Waals surface area contributed by atoms with E-state index >= 15 is 0 Å². The predicted octanol–water partition coefficient (Wildman–Crippen LogP) is 0.400. The van der Waals surface area contributed by atoms with Gasteiger partial charge in [-0.2, -0.15) is 0 Å². The van der Waals surface area contributed by atoms with E-state index < -0.39 is 0 Å². The molecule has 0 aromatic heterocycles. The first-order chi connectivity index (χ1) is 3.30. The van der Waals surface area contributed by atoms with Crippen molar-refractivity contribution in [2.45, 2.75) is 18.3 Å². The van der Waals surface area contributed by atoms with Crippen LogP contribution in [0, 0.1) is 0 Å². The third kappa shape index (κ3) is 1.18. The normalized spacial score (nSPS) is 34.3. The molecule has 1 nitrogen and oxygen atoms in total. The second kappa shape index (κ2) is 2.16. The Bertz CT molecular complexity index is 57.1. The topological polar surface area (TPSA) is 3.24 Å². The van der Waals surface area contributed by atoms with Crippen LogP contribution in [0.4, 0.5) is 0 Å². The van der Waals surface area contributed by atoms with Gasteiger partial charge in [0.15, 0.2) is 0 Å². The molecule has 0 N–H and O–H groups in total. The summed E-state index contributed by atoms with van der Waals surface area (Å²) in [5, 5.41) is 1.46. The molecular formula is C5H11NSe. The van der Waals surface area contributed by atoms with Gasteiger partial charge in [-0.05, 0) is 0 Å². The van der Waals surface area contributed by atoms with Crippen molar-refractivity contribution < 1.29 is 0 Å². The fourth-order valence-electron chi connectivity index (χ4n) is 0.622. The summed E-state index contributed by atoms with van der Waals surface area (Å²) in [7, 11) is 2.21. The summed E-state index contributed by atoms with van der Waals surface area (Å²) in [6, 6.07) is 0.875. The Labute approximate surface area is 51.2 Å². The molecule has 1 saturated heterocycles. The zero-order chi connectivity index (χ0) is 5.28. The van der Waals surface area contributed by atoms with Crippen LogP contribution < -0.4 is 0 Å². The Hall–Kier alpha value is 0.479. The quantitative estimate of drug-likeness (QED) is 0.468. The predicted molar refractivity (Wildman–Crippen MR) is 32.7 cm³/mol. The average molecular weight is 164 g/mol. The maximum atomic E-state index is 2.43. The Kier molecular flexibility index (Phi) is 1.74. The first-order valence-corrected chi connectivity index (χ1v) is 5.01. The molecule has 7 heavy (non-hydrogen) atoms. The zero-order valence-corrected chi connectivity index (χ0v) is 6.56. The van der Waals surface area contributed by atoms with Gasteiger partial charge < -0.3 is 0 Å². The summed E-state index contributed by atoms with van der Waals surface area (Å²) < 4.78 is 0. The van der Waals surface area contributed by atoms with Crippen molar-refractivity contribution in [1.29, 1.82) is 0 Å². The third-order valence-corrected chi connectivity index (χ3v) is 4.15. The Morgan fingerprint density at radius 1 is 1.71 bits per heavy atom. The molecular weight excluding hydrogens is 153 g/mol. The van der Waals surface area contributed by atoms with Crippen molar-refractivity contribution in [3.8, 4) is 0 Å². The Morgan fingerprint density at radius 3 is 2.57 bits per heavy atom. The molecule has 1 heterocycles. The summed E-state index contributed by atoms with van der Waals surface area (Å²) >= 11 is 0.939. The van der Waals surface area contributed by atoms with Gasteiger partial charge in [0.05, 0.1) is 0 Å². The van der Waals surface area contributed by atoms with E-state index in [4.69, 9.17) is 0 Å². The van der Waals surface area contributed by atoms with Crippen LogP contribution in [0.5, 0.6) is 0 Å². The molecule has 0 amide bonds. The van der Waals surface area contributed by atoms with Crippen LogP contribution in [0.3, 0.4) is 0 Å². The molecule has 0 aromatic carbocycles. The minimum absolute atomic E-state index is 0.875. The molecule has 0 radical (unpaired) electrons. The Balaban J connectivity index is 2.33. The molecule has 1 atom stereocenters. The molecule has 0 saturated carbocycles. The summed E-state index contributed by atoms with van der Waals surface area (Å²) in [4.78, 5) is 2.43. The summed E-state index contributed by atoms with van der Waals surface area (Å²) in [6.07, 6.45) is 0. The van der Waals surface area contributed by atoms with Crippen molar-refractivity contribution in [1.82, 2.24) is 4.90 Å². The van der Waals surface area contributed by atoms with E-state index in [9.17, 15) is 0 Å². The summed E-state index contributed by atoms with van der Waals surface area (Å²) in [5.74, 6) is 0. The van der Waals surface area contributed by atoms with Crippen LogP contribution in [0.1, 0.15) is 6.92 Å². The molecule has 1 rings (SSSR count). The number of rotatable bonds is 0. The van der Waals surface area contributed by atoms with E-state index in [0.717, 1.165) is 21.0 Å². The molecule has 2 heteroatoms. The minimum atomic E-state index is 0.875. The van der Waals surface area contributed by atoms with E-state index in [-0.39, 0.29) is 0 Å². The van der Waals surface area contributed by atoms with E-state index in [1.54, 1.807) is 0 Å². The zero-order valence-electron chi connectivity index (χ0n) is 4.85. The molecule has 0 spiro atoms. The third-order valence-electron chi connectivity index (χ3n) is 1.41. The van der Waals surface area contributed by atoms with Gasteiger partial charge in [0.2, 0.25) is 0 Å². The molecule has 42 valence electrons. The van der Waals surface area contributed by atoms with Gasteiger partial charge in [0.25, 0.3) is 0 Å². The van der Waals surface area contributed by atoms with E-state index in [0.29, 0.717) is 0 Å². The summed E-state index contributed by atoms with van der Waals surface area (Å²) in [5.41, 5.74) is 1.37. The van der Waals surface area contributed by atoms with Crippen LogP contribution in [0.2, 0.25) is 5.32 Å².